The van der Waals surface area contributed by atoms with Crippen LogP contribution in [0.3, 0.4) is 0 Å². The van der Waals surface area contributed by atoms with Crippen molar-refractivity contribution in [3.05, 3.63) is 0 Å². The smallest absolute Gasteiger partial charge is 0.319 e. The second kappa shape index (κ2) is 9.47. The fraction of sp³-hybridized carbons (Fsp3) is 0.882. The molecular weight excluding hydrogens is 328 g/mol. The largest absolute Gasteiger partial charge is 0.356 e. The van der Waals surface area contributed by atoms with Crippen molar-refractivity contribution in [2.75, 3.05) is 45.8 Å². The Morgan fingerprint density at radius 2 is 1.62 bits per heavy atom. The summed E-state index contributed by atoms with van der Waals surface area (Å²) in [6.45, 7) is 6.15. The van der Waals surface area contributed by atoms with Gasteiger partial charge in [-0.25, -0.2) is 4.79 Å². The van der Waals surface area contributed by atoms with Crippen LogP contribution in [0, 0.1) is 11.8 Å². The molecule has 3 amide bonds. The fourth-order valence-electron chi connectivity index (χ4n) is 3.93. The van der Waals surface area contributed by atoms with Gasteiger partial charge in [-0.05, 0) is 57.5 Å². The molecule has 138 valence electrons. The summed E-state index contributed by atoms with van der Waals surface area (Å²) in [5.41, 5.74) is 0. The van der Waals surface area contributed by atoms with Gasteiger partial charge in [-0.15, -0.1) is 12.4 Å². The lowest BCUT2D eigenvalue weighted by Crippen LogP contribution is -2.48. The van der Waals surface area contributed by atoms with Gasteiger partial charge in [0.25, 0.3) is 0 Å². The molecule has 0 aromatic carbocycles. The molecule has 0 spiro atoms. The highest BCUT2D eigenvalue weighted by Gasteiger charge is 2.30. The van der Waals surface area contributed by atoms with Gasteiger partial charge in [0.05, 0.1) is 0 Å². The van der Waals surface area contributed by atoms with Crippen molar-refractivity contribution in [2.45, 2.75) is 38.5 Å². The quantitative estimate of drug-likeness (QED) is 0.802. The molecule has 3 aliphatic rings. The van der Waals surface area contributed by atoms with Crippen LogP contribution < -0.4 is 10.6 Å². The van der Waals surface area contributed by atoms with E-state index >= 15 is 0 Å². The van der Waals surface area contributed by atoms with Crippen molar-refractivity contribution in [3.63, 3.8) is 0 Å². The number of halogens is 1. The van der Waals surface area contributed by atoms with E-state index in [-0.39, 0.29) is 30.3 Å². The normalized spacial score (nSPS) is 25.2. The third-order valence-corrected chi connectivity index (χ3v) is 5.48. The summed E-state index contributed by atoms with van der Waals surface area (Å²) in [5.74, 6) is 0.836. The Bertz CT molecular complexity index is 415. The van der Waals surface area contributed by atoms with E-state index in [0.29, 0.717) is 5.92 Å². The fourth-order valence-corrected chi connectivity index (χ4v) is 3.93. The standard InChI is InChI=1S/C17H30N4O2.ClH/c22-16(19-13-14-4-3-7-18-12-14)15-5-10-21(11-6-15)17(23)20-8-1-2-9-20;/h14-15,18H,1-13H2,(H,19,22);1H. The van der Waals surface area contributed by atoms with E-state index in [4.69, 9.17) is 0 Å². The van der Waals surface area contributed by atoms with Gasteiger partial charge >= 0.3 is 6.03 Å². The first-order valence-corrected chi connectivity index (χ1v) is 9.26. The van der Waals surface area contributed by atoms with Crippen LogP contribution in [0.5, 0.6) is 0 Å². The Kier molecular flexibility index (Phi) is 7.62. The molecule has 6 nitrogen and oxygen atoms in total. The van der Waals surface area contributed by atoms with Gasteiger partial charge in [-0.3, -0.25) is 4.79 Å². The lowest BCUT2D eigenvalue weighted by atomic mass is 9.95. The minimum absolute atomic E-state index is 0. The van der Waals surface area contributed by atoms with Crippen LogP contribution in [0.25, 0.3) is 0 Å². The van der Waals surface area contributed by atoms with Gasteiger partial charge in [0.15, 0.2) is 0 Å². The maximum Gasteiger partial charge on any atom is 0.319 e. The topological polar surface area (TPSA) is 64.7 Å². The average molecular weight is 359 g/mol. The molecule has 0 aromatic heterocycles. The van der Waals surface area contributed by atoms with E-state index in [1.165, 1.54) is 12.8 Å². The monoisotopic (exact) mass is 358 g/mol. The molecule has 24 heavy (non-hydrogen) atoms. The molecule has 0 saturated carbocycles. The number of likely N-dealkylation sites (tertiary alicyclic amines) is 2. The molecule has 3 fully saturated rings. The number of nitrogens with one attached hydrogen (secondary N) is 2. The van der Waals surface area contributed by atoms with Gasteiger partial charge in [-0.1, -0.05) is 0 Å². The van der Waals surface area contributed by atoms with E-state index in [1.807, 2.05) is 9.80 Å². The van der Waals surface area contributed by atoms with Crippen molar-refractivity contribution in [3.8, 4) is 0 Å². The lowest BCUT2D eigenvalue weighted by molar-refractivity contribution is -0.126. The number of urea groups is 1. The van der Waals surface area contributed by atoms with E-state index < -0.39 is 0 Å². The highest BCUT2D eigenvalue weighted by molar-refractivity contribution is 5.85. The zero-order valence-electron chi connectivity index (χ0n) is 14.5. The summed E-state index contributed by atoms with van der Waals surface area (Å²) in [6.07, 6.45) is 6.26. The summed E-state index contributed by atoms with van der Waals surface area (Å²) in [6, 6.07) is 0.176. The highest BCUT2D eigenvalue weighted by atomic mass is 35.5. The Morgan fingerprint density at radius 1 is 0.958 bits per heavy atom. The molecule has 3 aliphatic heterocycles. The molecule has 0 aliphatic carbocycles. The Hall–Kier alpha value is -1.01. The molecule has 1 atom stereocenters. The van der Waals surface area contributed by atoms with E-state index in [2.05, 4.69) is 10.6 Å². The van der Waals surface area contributed by atoms with Crippen LogP contribution in [0.4, 0.5) is 4.79 Å². The van der Waals surface area contributed by atoms with Gasteiger partial charge in [0.1, 0.15) is 0 Å². The molecular formula is C17H31ClN4O2. The van der Waals surface area contributed by atoms with Crippen LogP contribution in [0.2, 0.25) is 0 Å². The first-order chi connectivity index (χ1) is 11.2. The molecule has 3 saturated heterocycles. The summed E-state index contributed by atoms with van der Waals surface area (Å²) in [5, 5.41) is 6.51. The molecule has 1 unspecified atom stereocenters. The minimum atomic E-state index is 0. The highest BCUT2D eigenvalue weighted by Crippen LogP contribution is 2.20. The van der Waals surface area contributed by atoms with Crippen LogP contribution in [-0.4, -0.2) is 67.6 Å². The Labute approximate surface area is 151 Å². The van der Waals surface area contributed by atoms with Crippen molar-refractivity contribution >= 4 is 24.3 Å². The van der Waals surface area contributed by atoms with Crippen LogP contribution in [-0.2, 0) is 4.79 Å². The zero-order chi connectivity index (χ0) is 16.1. The SMILES string of the molecule is Cl.O=C(NCC1CCCNC1)C1CCN(C(=O)N2CCCC2)CC1. The maximum atomic E-state index is 12.4. The van der Waals surface area contributed by atoms with Crippen molar-refractivity contribution in [2.24, 2.45) is 11.8 Å². The zero-order valence-corrected chi connectivity index (χ0v) is 15.3. The van der Waals surface area contributed by atoms with Crippen molar-refractivity contribution in [1.29, 1.82) is 0 Å². The third kappa shape index (κ3) is 4.99. The Balaban J connectivity index is 0.00000208. The number of piperidine rings is 2. The first kappa shape index (κ1) is 19.3. The molecule has 2 N–H and O–H groups in total. The van der Waals surface area contributed by atoms with Gasteiger partial charge in [0, 0.05) is 38.6 Å². The molecule has 3 heterocycles. The van der Waals surface area contributed by atoms with Crippen molar-refractivity contribution < 1.29 is 9.59 Å². The van der Waals surface area contributed by atoms with E-state index in [0.717, 1.165) is 71.5 Å². The van der Waals surface area contributed by atoms with Crippen LogP contribution in [0.1, 0.15) is 38.5 Å². The average Bonchev–Trinajstić information content (AvgIpc) is 3.15. The predicted molar refractivity (Wildman–Crippen MR) is 96.4 cm³/mol. The maximum absolute atomic E-state index is 12.4. The second-order valence-electron chi connectivity index (χ2n) is 7.20. The number of carbonyl (C=O) groups excluding carboxylic acids is 2. The predicted octanol–water partition coefficient (Wildman–Crippen LogP) is 1.45. The van der Waals surface area contributed by atoms with E-state index in [1.54, 1.807) is 0 Å². The van der Waals surface area contributed by atoms with Crippen LogP contribution in [0.15, 0.2) is 0 Å². The summed E-state index contributed by atoms with van der Waals surface area (Å²) < 4.78 is 0. The Morgan fingerprint density at radius 3 is 2.25 bits per heavy atom. The first-order valence-electron chi connectivity index (χ1n) is 9.26. The number of amides is 3. The number of nitrogens with zero attached hydrogens (tertiary/aromatic N) is 2. The van der Waals surface area contributed by atoms with Crippen LogP contribution >= 0.6 is 12.4 Å². The van der Waals surface area contributed by atoms with Gasteiger partial charge in [0.2, 0.25) is 5.91 Å². The summed E-state index contributed by atoms with van der Waals surface area (Å²) in [7, 11) is 0. The molecule has 3 rings (SSSR count). The molecule has 0 aromatic rings. The second-order valence-corrected chi connectivity index (χ2v) is 7.20. The molecule has 7 heteroatoms. The number of hydrogen-bond acceptors (Lipinski definition) is 3. The number of hydrogen-bond donors (Lipinski definition) is 2. The van der Waals surface area contributed by atoms with Gasteiger partial charge < -0.3 is 20.4 Å². The minimum Gasteiger partial charge on any atom is -0.356 e. The van der Waals surface area contributed by atoms with Gasteiger partial charge in [-0.2, -0.15) is 0 Å². The summed E-state index contributed by atoms with van der Waals surface area (Å²) in [4.78, 5) is 28.6. The number of carbonyl (C=O) groups is 2. The van der Waals surface area contributed by atoms with Crippen molar-refractivity contribution in [1.82, 2.24) is 20.4 Å². The lowest BCUT2D eigenvalue weighted by Gasteiger charge is -2.34. The summed E-state index contributed by atoms with van der Waals surface area (Å²) >= 11 is 0. The third-order valence-electron chi connectivity index (χ3n) is 5.48. The molecule has 0 radical (unpaired) electrons. The molecule has 0 bridgehead atoms. The number of rotatable bonds is 3. The van der Waals surface area contributed by atoms with E-state index in [9.17, 15) is 9.59 Å².